The van der Waals surface area contributed by atoms with E-state index in [1.54, 1.807) is 24.3 Å². The lowest BCUT2D eigenvalue weighted by atomic mass is 9.77. The van der Waals surface area contributed by atoms with Crippen LogP contribution in [0.1, 0.15) is 46.1 Å². The molecule has 11 heteroatoms. The molecule has 0 bridgehead atoms. The Morgan fingerprint density at radius 3 is 2.52 bits per heavy atom. The fraction of sp³-hybridized carbons (Fsp3) is 0.452. The highest BCUT2D eigenvalue weighted by Gasteiger charge is 2.43. The van der Waals surface area contributed by atoms with Gasteiger partial charge in [-0.25, -0.2) is 9.97 Å². The summed E-state index contributed by atoms with van der Waals surface area (Å²) >= 11 is 0. The van der Waals surface area contributed by atoms with Crippen molar-refractivity contribution in [3.8, 4) is 23.1 Å². The zero-order valence-electron chi connectivity index (χ0n) is 25.1. The van der Waals surface area contributed by atoms with Crippen LogP contribution < -0.4 is 20.3 Å². The van der Waals surface area contributed by atoms with Gasteiger partial charge in [-0.15, -0.1) is 0 Å². The third kappa shape index (κ3) is 5.86. The van der Waals surface area contributed by atoms with E-state index < -0.39 is 0 Å². The molecule has 0 spiro atoms. The van der Waals surface area contributed by atoms with Crippen molar-refractivity contribution in [2.75, 3.05) is 49.4 Å². The highest BCUT2D eigenvalue weighted by Crippen LogP contribution is 2.39. The molecule has 1 aromatic carbocycles. The minimum Gasteiger partial charge on any atom is -0.480 e. The molecule has 1 amide bonds. The summed E-state index contributed by atoms with van der Waals surface area (Å²) in [4.78, 5) is 30.4. The highest BCUT2D eigenvalue weighted by atomic mass is 16.5. The smallest absolute Gasteiger partial charge is 0.266 e. The first kappa shape index (κ1) is 29.2. The molecule has 1 saturated heterocycles. The molecule has 11 nitrogen and oxygen atoms in total. The molecule has 4 heterocycles. The van der Waals surface area contributed by atoms with Crippen LogP contribution in [-0.2, 0) is 9.53 Å². The summed E-state index contributed by atoms with van der Waals surface area (Å²) in [7, 11) is 3.76. The number of nitrogens with zero attached hydrogens (tertiary/aromatic N) is 6. The number of rotatable bonds is 8. The summed E-state index contributed by atoms with van der Waals surface area (Å²) in [5.41, 5.74) is 2.23. The third-order valence-electron chi connectivity index (χ3n) is 8.23. The quantitative estimate of drug-likeness (QED) is 0.397. The monoisotopic (exact) mass is 570 g/mol. The minimum atomic E-state index is -0.174. The Morgan fingerprint density at radius 1 is 1.14 bits per heavy atom. The van der Waals surface area contributed by atoms with Crippen LogP contribution in [0.15, 0.2) is 42.6 Å². The average Bonchev–Trinajstić information content (AvgIpc) is 2.95. The van der Waals surface area contributed by atoms with Gasteiger partial charge in [0.2, 0.25) is 5.95 Å². The molecule has 0 atom stereocenters. The van der Waals surface area contributed by atoms with E-state index in [9.17, 15) is 10.1 Å². The number of fused-ring (bicyclic) bond motifs is 1. The number of ether oxygens (including phenoxy) is 2. The van der Waals surface area contributed by atoms with Crippen LogP contribution in [0.25, 0.3) is 11.3 Å². The molecule has 0 aliphatic carbocycles. The van der Waals surface area contributed by atoms with Crippen LogP contribution >= 0.6 is 0 Å². The number of nitriles is 1. The van der Waals surface area contributed by atoms with Crippen LogP contribution in [0.2, 0.25) is 0 Å². The molecule has 3 aromatic rings. The molecule has 42 heavy (non-hydrogen) atoms. The first-order valence-electron chi connectivity index (χ1n) is 14.1. The molecular formula is C31H38N8O3. The Bertz CT molecular complexity index is 1480. The topological polar surface area (TPSA) is 129 Å². The lowest BCUT2D eigenvalue weighted by molar-refractivity contribution is -0.121. The van der Waals surface area contributed by atoms with Crippen molar-refractivity contribution < 1.29 is 14.3 Å². The number of carbonyl (C=O) groups excluding carboxylic acids is 1. The molecule has 0 saturated carbocycles. The number of aromatic nitrogens is 3. The Morgan fingerprint density at radius 2 is 1.86 bits per heavy atom. The van der Waals surface area contributed by atoms with Crippen molar-refractivity contribution >= 4 is 29.2 Å². The van der Waals surface area contributed by atoms with E-state index in [-0.39, 0.29) is 29.6 Å². The van der Waals surface area contributed by atoms with Gasteiger partial charge in [-0.05, 0) is 47.6 Å². The first-order valence-corrected chi connectivity index (χ1v) is 14.1. The molecule has 0 radical (unpaired) electrons. The summed E-state index contributed by atoms with van der Waals surface area (Å²) in [6.45, 7) is 9.65. The molecule has 2 N–H and O–H groups in total. The second-order valence-corrected chi connectivity index (χ2v) is 12.0. The summed E-state index contributed by atoms with van der Waals surface area (Å²) in [6, 6.07) is 13.8. The summed E-state index contributed by atoms with van der Waals surface area (Å²) in [6.07, 6.45) is 3.38. The largest absolute Gasteiger partial charge is 0.480 e. The number of carbonyl (C=O) groups is 1. The maximum atomic E-state index is 12.4. The van der Waals surface area contributed by atoms with E-state index in [2.05, 4.69) is 61.3 Å². The number of pyridine rings is 1. The van der Waals surface area contributed by atoms with Gasteiger partial charge in [0.05, 0.1) is 30.7 Å². The summed E-state index contributed by atoms with van der Waals surface area (Å²) < 4.78 is 10.8. The van der Waals surface area contributed by atoms with Gasteiger partial charge in [-0.2, -0.15) is 10.2 Å². The lowest BCUT2D eigenvalue weighted by Crippen LogP contribution is -2.61. The van der Waals surface area contributed by atoms with Gasteiger partial charge in [0, 0.05) is 35.9 Å². The molecular weight excluding hydrogens is 532 g/mol. The standard InChI is InChI=1S/C31H38N8O3/c1-30(2)15-22(16-31(3,4)38(30)5)34-27-23(17-32)26(20-10-8-7-9-11-20)36-29(37-27)35-21-14-24-28(33-18-21)39(12-13-41-6)25(40)19-42-24/h7-11,14,18,22H,12-13,15-16,19H2,1-6H3,(H2,34,35,36,37). The maximum Gasteiger partial charge on any atom is 0.266 e. The van der Waals surface area contributed by atoms with Gasteiger partial charge >= 0.3 is 0 Å². The van der Waals surface area contributed by atoms with E-state index in [1.807, 2.05) is 30.3 Å². The number of amides is 1. The molecule has 2 aliphatic rings. The number of nitrogens with one attached hydrogen (secondary N) is 2. The molecule has 2 aromatic heterocycles. The van der Waals surface area contributed by atoms with Gasteiger partial charge < -0.3 is 20.1 Å². The zero-order chi connectivity index (χ0) is 30.1. The second-order valence-electron chi connectivity index (χ2n) is 12.0. The average molecular weight is 571 g/mol. The second kappa shape index (κ2) is 11.5. The highest BCUT2D eigenvalue weighted by molar-refractivity contribution is 5.97. The molecule has 5 rings (SSSR count). The Kier molecular flexibility index (Phi) is 8.03. The predicted octanol–water partition coefficient (Wildman–Crippen LogP) is 4.59. The number of likely N-dealkylation sites (tertiary alicyclic amines) is 1. The Hall–Kier alpha value is -4.27. The number of anilines is 4. The van der Waals surface area contributed by atoms with Crippen molar-refractivity contribution in [1.29, 1.82) is 5.26 Å². The Labute approximate surface area is 246 Å². The minimum absolute atomic E-state index is 0.0457. The number of hydrogen-bond acceptors (Lipinski definition) is 10. The van der Waals surface area contributed by atoms with Crippen LogP contribution in [0.5, 0.6) is 5.75 Å². The van der Waals surface area contributed by atoms with Crippen LogP contribution in [0, 0.1) is 11.3 Å². The number of methoxy groups -OCH3 is 1. The van der Waals surface area contributed by atoms with E-state index in [0.717, 1.165) is 18.4 Å². The van der Waals surface area contributed by atoms with Gasteiger partial charge in [0.15, 0.2) is 24.0 Å². The molecule has 0 unspecified atom stereocenters. The predicted molar refractivity (Wildman–Crippen MR) is 162 cm³/mol. The van der Waals surface area contributed by atoms with E-state index >= 15 is 0 Å². The van der Waals surface area contributed by atoms with Gasteiger partial charge in [-0.3, -0.25) is 14.6 Å². The Balaban J connectivity index is 1.51. The SMILES string of the molecule is COCCN1C(=O)COc2cc(Nc3nc(NC4CC(C)(C)N(C)C(C)(C)C4)c(C#N)c(-c4ccccc4)n3)cnc21. The van der Waals surface area contributed by atoms with Crippen LogP contribution in [-0.4, -0.2) is 76.8 Å². The van der Waals surface area contributed by atoms with Crippen molar-refractivity contribution in [1.82, 2.24) is 19.9 Å². The summed E-state index contributed by atoms with van der Waals surface area (Å²) in [5, 5.41) is 17.2. The van der Waals surface area contributed by atoms with E-state index in [0.29, 0.717) is 53.4 Å². The summed E-state index contributed by atoms with van der Waals surface area (Å²) in [5.74, 6) is 1.53. The van der Waals surface area contributed by atoms with Crippen LogP contribution in [0.3, 0.4) is 0 Å². The normalized spacial score (nSPS) is 18.1. The van der Waals surface area contributed by atoms with Gasteiger partial charge in [0.25, 0.3) is 5.91 Å². The number of hydrogen-bond donors (Lipinski definition) is 2. The van der Waals surface area contributed by atoms with E-state index in [1.165, 1.54) is 0 Å². The fourth-order valence-corrected chi connectivity index (χ4v) is 5.89. The van der Waals surface area contributed by atoms with Gasteiger partial charge in [0.1, 0.15) is 11.6 Å². The lowest BCUT2D eigenvalue weighted by Gasteiger charge is -2.53. The van der Waals surface area contributed by atoms with Gasteiger partial charge in [-0.1, -0.05) is 30.3 Å². The molecule has 220 valence electrons. The van der Waals surface area contributed by atoms with E-state index in [4.69, 9.17) is 19.4 Å². The molecule has 1 fully saturated rings. The first-order chi connectivity index (χ1) is 20.0. The van der Waals surface area contributed by atoms with Crippen molar-refractivity contribution in [3.05, 3.63) is 48.2 Å². The van der Waals surface area contributed by atoms with Crippen LogP contribution in [0.4, 0.5) is 23.3 Å². The number of benzene rings is 1. The van der Waals surface area contributed by atoms with Crippen molar-refractivity contribution in [2.45, 2.75) is 57.7 Å². The number of piperidine rings is 1. The third-order valence-corrected chi connectivity index (χ3v) is 8.23. The molecule has 2 aliphatic heterocycles. The van der Waals surface area contributed by atoms with Crippen molar-refractivity contribution in [2.24, 2.45) is 0 Å². The fourth-order valence-electron chi connectivity index (χ4n) is 5.89. The zero-order valence-corrected chi connectivity index (χ0v) is 25.1. The maximum absolute atomic E-state index is 12.4. The van der Waals surface area contributed by atoms with Crippen molar-refractivity contribution in [3.63, 3.8) is 0 Å².